The topological polar surface area (TPSA) is 35.8 Å². The summed E-state index contributed by atoms with van der Waals surface area (Å²) in [5, 5.41) is 11.5. The van der Waals surface area contributed by atoms with Gasteiger partial charge >= 0.3 is 0 Å². The molecule has 0 aliphatic heterocycles. The first-order chi connectivity index (χ1) is 6.24. The van der Waals surface area contributed by atoms with Crippen LogP contribution in [0.5, 0.6) is 0 Å². The Bertz CT molecular complexity index is 333. The molecule has 2 nitrogen and oxygen atoms in total. The molecule has 1 aromatic carbocycles. The lowest BCUT2D eigenvalue weighted by atomic mass is 10.3. The molecule has 0 radical (unpaired) electrons. The predicted octanol–water partition coefficient (Wildman–Crippen LogP) is 2.80. The monoisotopic (exact) mass is 198 g/mol. The van der Waals surface area contributed by atoms with E-state index in [0.29, 0.717) is 23.7 Å². The minimum atomic E-state index is -0.359. The van der Waals surface area contributed by atoms with Gasteiger partial charge in [-0.05, 0) is 18.2 Å². The average Bonchev–Trinajstić information content (AvgIpc) is 2.11. The van der Waals surface area contributed by atoms with E-state index < -0.39 is 0 Å². The van der Waals surface area contributed by atoms with Gasteiger partial charge in [0, 0.05) is 11.6 Å². The summed E-state index contributed by atoms with van der Waals surface area (Å²) in [5.74, 6) is -0.359. The molecule has 0 bridgehead atoms. The van der Waals surface area contributed by atoms with E-state index in [1.807, 2.05) is 6.07 Å². The van der Waals surface area contributed by atoms with Crippen LogP contribution >= 0.6 is 11.6 Å². The van der Waals surface area contributed by atoms with Crippen molar-refractivity contribution in [1.82, 2.24) is 0 Å². The Morgan fingerprint density at radius 1 is 1.54 bits per heavy atom. The molecule has 0 amide bonds. The van der Waals surface area contributed by atoms with Crippen molar-refractivity contribution in [3.8, 4) is 6.07 Å². The summed E-state index contributed by atoms with van der Waals surface area (Å²) in [6, 6.07) is 6.22. The minimum absolute atomic E-state index is 0.336. The maximum absolute atomic E-state index is 13.0. The van der Waals surface area contributed by atoms with Crippen LogP contribution < -0.4 is 5.32 Å². The van der Waals surface area contributed by atoms with Crippen molar-refractivity contribution in [3.05, 3.63) is 29.0 Å². The summed E-state index contributed by atoms with van der Waals surface area (Å²) < 4.78 is 13.0. The quantitative estimate of drug-likeness (QED) is 0.759. The minimum Gasteiger partial charge on any atom is -0.382 e. The van der Waals surface area contributed by atoms with E-state index in [4.69, 9.17) is 16.9 Å². The summed E-state index contributed by atoms with van der Waals surface area (Å²) in [5.41, 5.74) is 0.336. The highest BCUT2D eigenvalue weighted by Gasteiger charge is 2.00. The van der Waals surface area contributed by atoms with Gasteiger partial charge in [-0.1, -0.05) is 11.6 Å². The third-order valence-electron chi connectivity index (χ3n) is 1.48. The van der Waals surface area contributed by atoms with Gasteiger partial charge in [-0.25, -0.2) is 4.39 Å². The van der Waals surface area contributed by atoms with Gasteiger partial charge in [-0.15, -0.1) is 0 Å². The number of nitrogens with zero attached hydrogens (tertiary/aromatic N) is 1. The molecule has 0 fully saturated rings. The zero-order valence-corrected chi connectivity index (χ0v) is 7.61. The maximum atomic E-state index is 13.0. The first-order valence-electron chi connectivity index (χ1n) is 3.80. The summed E-state index contributed by atoms with van der Waals surface area (Å²) in [7, 11) is 0. The molecule has 0 aliphatic carbocycles. The van der Waals surface area contributed by atoms with Crippen LogP contribution in [0.25, 0.3) is 0 Å². The summed E-state index contributed by atoms with van der Waals surface area (Å²) in [6.45, 7) is 0.424. The SMILES string of the molecule is N#CCCNc1cc(Cl)ccc1F. The van der Waals surface area contributed by atoms with Crippen molar-refractivity contribution in [2.45, 2.75) is 6.42 Å². The van der Waals surface area contributed by atoms with Crippen LogP contribution in [0.4, 0.5) is 10.1 Å². The fourth-order valence-electron chi connectivity index (χ4n) is 0.886. The number of halogens is 2. The van der Waals surface area contributed by atoms with Crippen molar-refractivity contribution in [1.29, 1.82) is 5.26 Å². The summed E-state index contributed by atoms with van der Waals surface area (Å²) in [6.07, 6.45) is 0.339. The van der Waals surface area contributed by atoms with Gasteiger partial charge in [-0.3, -0.25) is 0 Å². The zero-order chi connectivity index (χ0) is 9.68. The maximum Gasteiger partial charge on any atom is 0.146 e. The lowest BCUT2D eigenvalue weighted by molar-refractivity contribution is 0.630. The number of hydrogen-bond acceptors (Lipinski definition) is 2. The summed E-state index contributed by atoms with van der Waals surface area (Å²) >= 11 is 5.66. The number of nitrogens with one attached hydrogen (secondary N) is 1. The van der Waals surface area contributed by atoms with E-state index in [-0.39, 0.29) is 5.82 Å². The largest absolute Gasteiger partial charge is 0.382 e. The van der Waals surface area contributed by atoms with E-state index >= 15 is 0 Å². The molecule has 0 aromatic heterocycles. The van der Waals surface area contributed by atoms with E-state index in [1.54, 1.807) is 0 Å². The van der Waals surface area contributed by atoms with Crippen LogP contribution in [0.2, 0.25) is 5.02 Å². The molecule has 68 valence electrons. The van der Waals surface area contributed by atoms with Crippen molar-refractivity contribution in [2.75, 3.05) is 11.9 Å². The second-order valence-electron chi connectivity index (χ2n) is 2.46. The van der Waals surface area contributed by atoms with E-state index in [0.717, 1.165) is 0 Å². The second kappa shape index (κ2) is 4.68. The highest BCUT2D eigenvalue weighted by atomic mass is 35.5. The molecule has 0 spiro atoms. The van der Waals surface area contributed by atoms with Gasteiger partial charge in [0.15, 0.2) is 0 Å². The summed E-state index contributed by atoms with van der Waals surface area (Å²) in [4.78, 5) is 0. The predicted molar refractivity (Wildman–Crippen MR) is 50.1 cm³/mol. The van der Waals surface area contributed by atoms with Gasteiger partial charge in [-0.2, -0.15) is 5.26 Å². The van der Waals surface area contributed by atoms with E-state index in [9.17, 15) is 4.39 Å². The van der Waals surface area contributed by atoms with Gasteiger partial charge in [0.05, 0.1) is 18.2 Å². The van der Waals surface area contributed by atoms with Crippen LogP contribution in [-0.4, -0.2) is 6.54 Å². The van der Waals surface area contributed by atoms with Crippen molar-refractivity contribution >= 4 is 17.3 Å². The molecule has 0 atom stereocenters. The Kier molecular flexibility index (Phi) is 3.53. The van der Waals surface area contributed by atoms with E-state index in [2.05, 4.69) is 5.32 Å². The van der Waals surface area contributed by atoms with Crippen molar-refractivity contribution in [2.24, 2.45) is 0 Å². The Balaban J connectivity index is 2.65. The van der Waals surface area contributed by atoms with Gasteiger partial charge in [0.2, 0.25) is 0 Å². The molecule has 0 saturated heterocycles. The smallest absolute Gasteiger partial charge is 0.146 e. The molecule has 0 unspecified atom stereocenters. The zero-order valence-electron chi connectivity index (χ0n) is 6.85. The molecular formula is C9H8ClFN2. The van der Waals surface area contributed by atoms with Gasteiger partial charge < -0.3 is 5.32 Å². The standard InChI is InChI=1S/C9H8ClFN2/c10-7-2-3-8(11)9(6-7)13-5-1-4-12/h2-3,6,13H,1,5H2. The highest BCUT2D eigenvalue weighted by Crippen LogP contribution is 2.19. The Morgan fingerprint density at radius 2 is 2.31 bits per heavy atom. The number of anilines is 1. The molecule has 4 heteroatoms. The van der Waals surface area contributed by atoms with Gasteiger partial charge in [0.25, 0.3) is 0 Å². The Hall–Kier alpha value is -1.27. The number of nitriles is 1. The Labute approximate surface area is 80.9 Å². The second-order valence-corrected chi connectivity index (χ2v) is 2.90. The number of hydrogen-bond donors (Lipinski definition) is 1. The van der Waals surface area contributed by atoms with E-state index in [1.165, 1.54) is 18.2 Å². The fraction of sp³-hybridized carbons (Fsp3) is 0.222. The molecule has 1 rings (SSSR count). The highest BCUT2D eigenvalue weighted by molar-refractivity contribution is 6.30. The molecule has 1 N–H and O–H groups in total. The normalized spacial score (nSPS) is 9.31. The van der Waals surface area contributed by atoms with Crippen LogP contribution in [-0.2, 0) is 0 Å². The molecule has 13 heavy (non-hydrogen) atoms. The molecular weight excluding hydrogens is 191 g/mol. The molecule has 0 aliphatic rings. The van der Waals surface area contributed by atoms with Crippen LogP contribution in [0.1, 0.15) is 6.42 Å². The molecule has 1 aromatic rings. The third kappa shape index (κ3) is 2.92. The van der Waals surface area contributed by atoms with Crippen molar-refractivity contribution < 1.29 is 4.39 Å². The number of rotatable bonds is 3. The van der Waals surface area contributed by atoms with Crippen LogP contribution in [0, 0.1) is 17.1 Å². The van der Waals surface area contributed by atoms with Crippen LogP contribution in [0.15, 0.2) is 18.2 Å². The lowest BCUT2D eigenvalue weighted by Crippen LogP contribution is -2.02. The van der Waals surface area contributed by atoms with Crippen molar-refractivity contribution in [3.63, 3.8) is 0 Å². The fourth-order valence-corrected chi connectivity index (χ4v) is 1.06. The lowest BCUT2D eigenvalue weighted by Gasteiger charge is -2.04. The number of benzene rings is 1. The first-order valence-corrected chi connectivity index (χ1v) is 4.17. The average molecular weight is 199 g/mol. The third-order valence-corrected chi connectivity index (χ3v) is 1.72. The van der Waals surface area contributed by atoms with Gasteiger partial charge in [0.1, 0.15) is 5.82 Å². The molecule has 0 heterocycles. The van der Waals surface area contributed by atoms with Crippen LogP contribution in [0.3, 0.4) is 0 Å². The first kappa shape index (κ1) is 9.82. The Morgan fingerprint density at radius 3 is 3.00 bits per heavy atom. The molecule has 0 saturated carbocycles.